The predicted molar refractivity (Wildman–Crippen MR) is 141 cm³/mol. The second-order valence-electron chi connectivity index (χ2n) is 10.5. The van der Waals surface area contributed by atoms with Gasteiger partial charge in [-0.05, 0) is 86.1 Å². The van der Waals surface area contributed by atoms with Crippen molar-refractivity contribution in [2.45, 2.75) is 99.9 Å². The molecule has 2 aromatic carbocycles. The summed E-state index contributed by atoms with van der Waals surface area (Å²) in [5.74, 6) is 1.97. The first-order chi connectivity index (χ1) is 15.2. The number of benzene rings is 2. The van der Waals surface area contributed by atoms with E-state index in [0.717, 1.165) is 22.0 Å². The zero-order valence-corrected chi connectivity index (χ0v) is 24.2. The Morgan fingerprint density at radius 3 is 1.53 bits per heavy atom. The average Bonchev–Trinajstić information content (AvgIpc) is 2.61. The van der Waals surface area contributed by atoms with Crippen LogP contribution >= 0.6 is 8.58 Å². The minimum Gasteiger partial charge on any atom is -0.491 e. The van der Waals surface area contributed by atoms with Crippen molar-refractivity contribution in [3.63, 3.8) is 0 Å². The first-order valence-electron chi connectivity index (χ1n) is 11.8. The predicted octanol–water partition coefficient (Wildman–Crippen LogP) is 4.11. The first kappa shape index (κ1) is 30.6. The van der Waals surface area contributed by atoms with Gasteiger partial charge in [-0.2, -0.15) is 0 Å². The molecule has 6 heteroatoms. The molecule has 0 saturated heterocycles. The van der Waals surface area contributed by atoms with Crippen LogP contribution in [-0.4, -0.2) is 23.8 Å². The Hall–Kier alpha value is -1.46. The molecule has 0 fully saturated rings. The van der Waals surface area contributed by atoms with E-state index in [2.05, 4.69) is 32.9 Å². The van der Waals surface area contributed by atoms with Crippen molar-refractivity contribution in [1.29, 1.82) is 0 Å². The standard InChI is InChI=1S/C28H41O4P.Li/c1-16(2)30-22-14-23(31-17(3)4)26(24(15-22)32-18(5)6)33-27(29)25-19(7)12-21(13-20(25)8)28(9,10)11;/h12-18,33H,1-11H3;/q;+1. The van der Waals surface area contributed by atoms with Gasteiger partial charge in [-0.15, -0.1) is 0 Å². The van der Waals surface area contributed by atoms with Gasteiger partial charge in [-0.1, -0.05) is 32.9 Å². The molecule has 182 valence electrons. The van der Waals surface area contributed by atoms with Crippen molar-refractivity contribution in [3.05, 3.63) is 46.5 Å². The molecular weight excluding hydrogens is 438 g/mol. The van der Waals surface area contributed by atoms with Crippen LogP contribution in [0.4, 0.5) is 0 Å². The molecule has 4 nitrogen and oxygen atoms in total. The van der Waals surface area contributed by atoms with Crippen LogP contribution in [0.3, 0.4) is 0 Å². The Morgan fingerprint density at radius 1 is 0.765 bits per heavy atom. The Balaban J connectivity index is 0.00000578. The summed E-state index contributed by atoms with van der Waals surface area (Å²) in [5, 5.41) is 0.789. The smallest absolute Gasteiger partial charge is 0.491 e. The van der Waals surface area contributed by atoms with E-state index in [1.807, 2.05) is 67.5 Å². The van der Waals surface area contributed by atoms with Crippen LogP contribution in [0, 0.1) is 13.8 Å². The van der Waals surface area contributed by atoms with Gasteiger partial charge in [0.2, 0.25) is 0 Å². The van der Waals surface area contributed by atoms with E-state index >= 15 is 0 Å². The molecular formula is C28H41LiO4P+. The van der Waals surface area contributed by atoms with Crippen molar-refractivity contribution in [2.75, 3.05) is 0 Å². The van der Waals surface area contributed by atoms with Crippen molar-refractivity contribution < 1.29 is 37.9 Å². The summed E-state index contributed by atoms with van der Waals surface area (Å²) in [6.45, 7) is 22.5. The fourth-order valence-electron chi connectivity index (χ4n) is 3.65. The third-order valence-electron chi connectivity index (χ3n) is 5.00. The Kier molecular flexibility index (Phi) is 11.2. The zero-order valence-electron chi connectivity index (χ0n) is 23.2. The van der Waals surface area contributed by atoms with Crippen LogP contribution in [0.5, 0.6) is 17.2 Å². The number of rotatable bonds is 9. The van der Waals surface area contributed by atoms with E-state index in [9.17, 15) is 4.79 Å². The van der Waals surface area contributed by atoms with Crippen molar-refractivity contribution in [2.24, 2.45) is 0 Å². The normalized spacial score (nSPS) is 11.9. The molecule has 0 aliphatic rings. The summed E-state index contributed by atoms with van der Waals surface area (Å²) in [6, 6.07) is 8.04. The molecule has 1 unspecified atom stereocenters. The molecule has 0 heterocycles. The number of ether oxygens (including phenoxy) is 3. The van der Waals surface area contributed by atoms with E-state index in [1.165, 1.54) is 5.56 Å². The number of carbonyl (C=O) groups is 1. The maximum Gasteiger partial charge on any atom is 1.00 e. The molecule has 0 spiro atoms. The summed E-state index contributed by atoms with van der Waals surface area (Å²) in [6.07, 6.45) is -0.0656. The van der Waals surface area contributed by atoms with E-state index in [1.54, 1.807) is 0 Å². The Bertz CT molecular complexity index is 936. The van der Waals surface area contributed by atoms with Gasteiger partial charge in [0.1, 0.15) is 17.2 Å². The summed E-state index contributed by atoms with van der Waals surface area (Å²) < 4.78 is 18.2. The summed E-state index contributed by atoms with van der Waals surface area (Å²) in [5.41, 5.74) is 4.16. The largest absolute Gasteiger partial charge is 1.00 e. The number of hydrogen-bond acceptors (Lipinski definition) is 4. The van der Waals surface area contributed by atoms with Crippen LogP contribution in [0.1, 0.15) is 89.4 Å². The van der Waals surface area contributed by atoms with E-state index in [4.69, 9.17) is 14.2 Å². The van der Waals surface area contributed by atoms with Crippen molar-refractivity contribution >= 4 is 19.4 Å². The summed E-state index contributed by atoms with van der Waals surface area (Å²) >= 11 is 0. The molecule has 0 N–H and O–H groups in total. The molecule has 0 aliphatic heterocycles. The van der Waals surface area contributed by atoms with Gasteiger partial charge < -0.3 is 14.2 Å². The van der Waals surface area contributed by atoms with Crippen LogP contribution in [0.25, 0.3) is 0 Å². The van der Waals surface area contributed by atoms with Gasteiger partial charge in [0, 0.05) is 17.7 Å². The van der Waals surface area contributed by atoms with Crippen LogP contribution in [0.2, 0.25) is 0 Å². The fraction of sp³-hybridized carbons (Fsp3) is 0.536. The topological polar surface area (TPSA) is 44.8 Å². The van der Waals surface area contributed by atoms with Gasteiger partial charge in [0.25, 0.3) is 0 Å². The summed E-state index contributed by atoms with van der Waals surface area (Å²) in [7, 11) is -0.124. The molecule has 34 heavy (non-hydrogen) atoms. The summed E-state index contributed by atoms with van der Waals surface area (Å²) in [4.78, 5) is 13.6. The molecule has 0 radical (unpaired) electrons. The van der Waals surface area contributed by atoms with Gasteiger partial charge in [0.15, 0.2) is 5.52 Å². The molecule has 0 aromatic heterocycles. The van der Waals surface area contributed by atoms with Gasteiger partial charge in [0.05, 0.1) is 23.6 Å². The van der Waals surface area contributed by atoms with Crippen molar-refractivity contribution in [3.8, 4) is 17.2 Å². The van der Waals surface area contributed by atoms with Gasteiger partial charge >= 0.3 is 18.9 Å². The molecule has 2 rings (SSSR count). The van der Waals surface area contributed by atoms with Crippen molar-refractivity contribution in [1.82, 2.24) is 0 Å². The molecule has 2 aromatic rings. The van der Waals surface area contributed by atoms with E-state index in [-0.39, 0.29) is 56.7 Å². The third kappa shape index (κ3) is 8.33. The fourth-order valence-corrected chi connectivity index (χ4v) is 4.91. The van der Waals surface area contributed by atoms with Crippen LogP contribution in [-0.2, 0) is 5.41 Å². The van der Waals surface area contributed by atoms with Gasteiger partial charge in [-0.25, -0.2) is 0 Å². The molecule has 0 amide bonds. The second kappa shape index (κ2) is 12.5. The number of carbonyl (C=O) groups excluding carboxylic acids is 1. The average molecular weight is 480 g/mol. The molecule has 0 aliphatic carbocycles. The maximum atomic E-state index is 13.6. The maximum absolute atomic E-state index is 13.6. The van der Waals surface area contributed by atoms with Gasteiger partial charge in [-0.3, -0.25) is 4.79 Å². The second-order valence-corrected chi connectivity index (χ2v) is 11.7. The minimum atomic E-state index is -0.124. The SMILES string of the molecule is Cc1cc(C(C)(C)C)cc(C)c1C(=O)Pc1c(OC(C)C)cc(OC(C)C)cc1OC(C)C.[Li+]. The monoisotopic (exact) mass is 479 g/mol. The first-order valence-corrected chi connectivity index (χ1v) is 12.8. The number of hydrogen-bond donors (Lipinski definition) is 0. The molecule has 0 bridgehead atoms. The molecule has 1 atom stereocenters. The quantitative estimate of drug-likeness (QED) is 0.401. The van der Waals surface area contributed by atoms with Crippen LogP contribution in [0.15, 0.2) is 24.3 Å². The molecule has 0 saturated carbocycles. The van der Waals surface area contributed by atoms with E-state index < -0.39 is 0 Å². The number of aryl methyl sites for hydroxylation is 2. The zero-order chi connectivity index (χ0) is 25.1. The minimum absolute atomic E-state index is 0. The Morgan fingerprint density at radius 2 is 1.18 bits per heavy atom. The third-order valence-corrected chi connectivity index (χ3v) is 6.22. The van der Waals surface area contributed by atoms with E-state index in [0.29, 0.717) is 17.2 Å². The Labute approximate surface area is 220 Å². The van der Waals surface area contributed by atoms with Crippen LogP contribution < -0.4 is 38.4 Å².